The molecule has 0 saturated carbocycles. The molecule has 0 radical (unpaired) electrons. The Morgan fingerprint density at radius 2 is 2.16 bits per heavy atom. The highest BCUT2D eigenvalue weighted by molar-refractivity contribution is 7.89. The summed E-state index contributed by atoms with van der Waals surface area (Å²) in [5.41, 5.74) is 5.81. The van der Waals surface area contributed by atoms with Crippen LogP contribution in [0.25, 0.3) is 0 Å². The Labute approximate surface area is 113 Å². The highest BCUT2D eigenvalue weighted by Crippen LogP contribution is 2.30. The first kappa shape index (κ1) is 14.0. The molecule has 102 valence electrons. The van der Waals surface area contributed by atoms with Crippen LogP contribution in [0.4, 0.5) is 0 Å². The standard InChI is InChI=1S/C13H17N3O2S/c1-10-6-11(7-14)9-16(10)19(17,18)13-5-3-2-4-12(13)8-15/h2-5,10-11H,6-7,9,14H2,1H3. The van der Waals surface area contributed by atoms with Crippen molar-refractivity contribution >= 4 is 10.0 Å². The normalized spacial score (nSPS) is 24.3. The zero-order chi connectivity index (χ0) is 14.0. The third-order valence-electron chi connectivity index (χ3n) is 3.53. The lowest BCUT2D eigenvalue weighted by Crippen LogP contribution is -2.34. The van der Waals surface area contributed by atoms with Crippen LogP contribution in [0.5, 0.6) is 0 Å². The number of hydrogen-bond acceptors (Lipinski definition) is 4. The van der Waals surface area contributed by atoms with Gasteiger partial charge in [0.1, 0.15) is 6.07 Å². The van der Waals surface area contributed by atoms with Gasteiger partial charge in [0.05, 0.1) is 10.5 Å². The zero-order valence-corrected chi connectivity index (χ0v) is 11.6. The van der Waals surface area contributed by atoms with Gasteiger partial charge in [0.15, 0.2) is 0 Å². The van der Waals surface area contributed by atoms with Crippen molar-refractivity contribution in [3.05, 3.63) is 29.8 Å². The van der Waals surface area contributed by atoms with Gasteiger partial charge < -0.3 is 5.73 Å². The van der Waals surface area contributed by atoms with Crippen LogP contribution in [0.1, 0.15) is 18.9 Å². The Balaban J connectivity index is 2.41. The predicted octanol–water partition coefficient (Wildman–Crippen LogP) is 0.916. The fourth-order valence-corrected chi connectivity index (χ4v) is 4.39. The summed E-state index contributed by atoms with van der Waals surface area (Å²) >= 11 is 0. The van der Waals surface area contributed by atoms with E-state index in [4.69, 9.17) is 11.0 Å². The second kappa shape index (κ2) is 5.29. The van der Waals surface area contributed by atoms with Crippen LogP contribution in [0.2, 0.25) is 0 Å². The van der Waals surface area contributed by atoms with Gasteiger partial charge in [-0.3, -0.25) is 0 Å². The molecular formula is C13H17N3O2S. The van der Waals surface area contributed by atoms with E-state index in [1.807, 2.05) is 13.0 Å². The van der Waals surface area contributed by atoms with Gasteiger partial charge in [0.2, 0.25) is 10.0 Å². The molecule has 1 aliphatic rings. The van der Waals surface area contributed by atoms with E-state index in [1.54, 1.807) is 12.1 Å². The minimum atomic E-state index is -3.62. The quantitative estimate of drug-likeness (QED) is 0.891. The lowest BCUT2D eigenvalue weighted by Gasteiger charge is -2.21. The van der Waals surface area contributed by atoms with Crippen molar-refractivity contribution in [2.75, 3.05) is 13.1 Å². The Bertz CT molecular complexity index is 607. The van der Waals surface area contributed by atoms with Gasteiger partial charge in [-0.2, -0.15) is 9.57 Å². The van der Waals surface area contributed by atoms with Gasteiger partial charge in [-0.15, -0.1) is 0 Å². The maximum atomic E-state index is 12.6. The maximum absolute atomic E-state index is 12.6. The number of nitrogens with two attached hydrogens (primary N) is 1. The molecule has 1 heterocycles. The number of nitrogens with zero attached hydrogens (tertiary/aromatic N) is 2. The molecule has 19 heavy (non-hydrogen) atoms. The fraction of sp³-hybridized carbons (Fsp3) is 0.462. The van der Waals surface area contributed by atoms with Crippen molar-refractivity contribution in [2.45, 2.75) is 24.3 Å². The molecule has 1 aliphatic heterocycles. The molecule has 2 atom stereocenters. The van der Waals surface area contributed by atoms with Gasteiger partial charge in [-0.05, 0) is 37.9 Å². The summed E-state index contributed by atoms with van der Waals surface area (Å²) in [5, 5.41) is 9.04. The minimum Gasteiger partial charge on any atom is -0.330 e. The molecule has 0 bridgehead atoms. The fourth-order valence-electron chi connectivity index (χ4n) is 2.52. The molecule has 2 rings (SSSR count). The highest BCUT2D eigenvalue weighted by Gasteiger charge is 2.38. The van der Waals surface area contributed by atoms with Crippen LogP contribution in [0, 0.1) is 17.2 Å². The molecule has 1 fully saturated rings. The molecule has 1 aromatic carbocycles. The first-order valence-corrected chi connectivity index (χ1v) is 7.65. The van der Waals surface area contributed by atoms with E-state index in [-0.39, 0.29) is 22.4 Å². The van der Waals surface area contributed by atoms with E-state index < -0.39 is 10.0 Å². The minimum absolute atomic E-state index is 0.0784. The molecule has 2 N–H and O–H groups in total. The predicted molar refractivity (Wildman–Crippen MR) is 71.7 cm³/mol. The summed E-state index contributed by atoms with van der Waals surface area (Å²) in [5.74, 6) is 0.194. The van der Waals surface area contributed by atoms with Crippen LogP contribution in [0.3, 0.4) is 0 Å². The third kappa shape index (κ3) is 2.50. The first-order valence-electron chi connectivity index (χ1n) is 6.21. The van der Waals surface area contributed by atoms with Gasteiger partial charge >= 0.3 is 0 Å². The van der Waals surface area contributed by atoms with Crippen LogP contribution in [0.15, 0.2) is 29.2 Å². The number of benzene rings is 1. The van der Waals surface area contributed by atoms with Gasteiger partial charge in [-0.1, -0.05) is 12.1 Å². The van der Waals surface area contributed by atoms with E-state index in [1.165, 1.54) is 16.4 Å². The van der Waals surface area contributed by atoms with Crippen LogP contribution >= 0.6 is 0 Å². The summed E-state index contributed by atoms with van der Waals surface area (Å²) in [7, 11) is -3.62. The van der Waals surface area contributed by atoms with E-state index >= 15 is 0 Å². The summed E-state index contributed by atoms with van der Waals surface area (Å²) < 4.78 is 26.7. The molecule has 0 amide bonds. The lowest BCUT2D eigenvalue weighted by atomic mass is 10.1. The largest absolute Gasteiger partial charge is 0.330 e. The molecule has 2 unspecified atom stereocenters. The molecule has 6 heteroatoms. The summed E-state index contributed by atoms with van der Waals surface area (Å²) in [6.07, 6.45) is 0.768. The maximum Gasteiger partial charge on any atom is 0.244 e. The monoisotopic (exact) mass is 279 g/mol. The zero-order valence-electron chi connectivity index (χ0n) is 10.8. The molecular weight excluding hydrogens is 262 g/mol. The number of sulfonamides is 1. The molecule has 5 nitrogen and oxygen atoms in total. The summed E-state index contributed by atoms with van der Waals surface area (Å²) in [6.45, 7) is 2.79. The molecule has 0 aromatic heterocycles. The average molecular weight is 279 g/mol. The topological polar surface area (TPSA) is 87.2 Å². The van der Waals surface area contributed by atoms with Crippen molar-refractivity contribution in [2.24, 2.45) is 11.7 Å². The van der Waals surface area contributed by atoms with E-state index in [9.17, 15) is 8.42 Å². The first-order chi connectivity index (χ1) is 9.00. The Morgan fingerprint density at radius 1 is 1.47 bits per heavy atom. The molecule has 0 spiro atoms. The third-order valence-corrected chi connectivity index (χ3v) is 5.57. The lowest BCUT2D eigenvalue weighted by molar-refractivity contribution is 0.404. The van der Waals surface area contributed by atoms with E-state index in [0.717, 1.165) is 6.42 Å². The summed E-state index contributed by atoms with van der Waals surface area (Å²) in [4.78, 5) is 0.0852. The second-order valence-electron chi connectivity index (χ2n) is 4.87. The molecule has 1 aromatic rings. The smallest absolute Gasteiger partial charge is 0.244 e. The van der Waals surface area contributed by atoms with Crippen molar-refractivity contribution in [1.82, 2.24) is 4.31 Å². The van der Waals surface area contributed by atoms with Crippen LogP contribution in [-0.2, 0) is 10.0 Å². The van der Waals surface area contributed by atoms with Gasteiger partial charge in [0, 0.05) is 12.6 Å². The second-order valence-corrected chi connectivity index (χ2v) is 6.73. The van der Waals surface area contributed by atoms with E-state index in [0.29, 0.717) is 13.1 Å². The number of hydrogen-bond donors (Lipinski definition) is 1. The number of nitriles is 1. The number of rotatable bonds is 3. The van der Waals surface area contributed by atoms with E-state index in [2.05, 4.69) is 0 Å². The molecule has 0 aliphatic carbocycles. The Kier molecular flexibility index (Phi) is 3.90. The Morgan fingerprint density at radius 3 is 2.74 bits per heavy atom. The van der Waals surface area contributed by atoms with Crippen molar-refractivity contribution in [1.29, 1.82) is 5.26 Å². The van der Waals surface area contributed by atoms with Crippen LogP contribution in [-0.4, -0.2) is 31.9 Å². The van der Waals surface area contributed by atoms with Gasteiger partial charge in [0.25, 0.3) is 0 Å². The van der Waals surface area contributed by atoms with Crippen molar-refractivity contribution < 1.29 is 8.42 Å². The SMILES string of the molecule is CC1CC(CN)CN1S(=O)(=O)c1ccccc1C#N. The molecule has 1 saturated heterocycles. The summed E-state index contributed by atoms with van der Waals surface area (Å²) in [6, 6.07) is 8.15. The Hall–Kier alpha value is -1.42. The average Bonchev–Trinajstić information content (AvgIpc) is 2.80. The van der Waals surface area contributed by atoms with Gasteiger partial charge in [-0.25, -0.2) is 8.42 Å². The highest BCUT2D eigenvalue weighted by atomic mass is 32.2. The van der Waals surface area contributed by atoms with Crippen LogP contribution < -0.4 is 5.73 Å². The van der Waals surface area contributed by atoms with Crippen molar-refractivity contribution in [3.8, 4) is 6.07 Å². The van der Waals surface area contributed by atoms with Crippen molar-refractivity contribution in [3.63, 3.8) is 0 Å².